The Bertz CT molecular complexity index is 877. The molecule has 0 aliphatic carbocycles. The fourth-order valence-corrected chi connectivity index (χ4v) is 3.46. The fourth-order valence-electron chi connectivity index (χ4n) is 2.86. The maximum atomic E-state index is 13.2. The third-order valence-electron chi connectivity index (χ3n) is 4.35. The molecule has 0 spiro atoms. The number of carbonyl (C=O) groups excluding carboxylic acids is 2. The molecule has 1 heterocycles. The van der Waals surface area contributed by atoms with Crippen LogP contribution in [-0.4, -0.2) is 50.1 Å². The first kappa shape index (κ1) is 20.1. The lowest BCUT2D eigenvalue weighted by molar-refractivity contribution is -0.131. The maximum Gasteiger partial charge on any atom is 0.271 e. The molecule has 1 aliphatic heterocycles. The van der Waals surface area contributed by atoms with Gasteiger partial charge >= 0.3 is 0 Å². The van der Waals surface area contributed by atoms with Crippen molar-refractivity contribution >= 4 is 32.2 Å². The number of morpholine rings is 1. The van der Waals surface area contributed by atoms with Gasteiger partial charge in [0.05, 0.1) is 24.8 Å². The normalized spacial score (nSPS) is 14.9. The molecule has 146 valence electrons. The molecule has 6 nitrogen and oxygen atoms in total. The number of rotatable bonds is 5. The minimum Gasteiger partial charge on any atom is -0.496 e. The highest BCUT2D eigenvalue weighted by atomic mass is 79.9. The van der Waals surface area contributed by atoms with Gasteiger partial charge in [0.2, 0.25) is 0 Å². The quantitative estimate of drug-likeness (QED) is 0.719. The molecular weight excluding hydrogens is 424 g/mol. The number of carbonyl (C=O) groups is 2. The van der Waals surface area contributed by atoms with Crippen LogP contribution in [0.3, 0.4) is 0 Å². The van der Waals surface area contributed by atoms with E-state index in [2.05, 4.69) is 21.2 Å². The highest BCUT2D eigenvalue weighted by molar-refractivity contribution is 9.15. The summed E-state index contributed by atoms with van der Waals surface area (Å²) in [5, 5.41) is 2.79. The van der Waals surface area contributed by atoms with Crippen molar-refractivity contribution in [3.8, 4) is 5.75 Å². The Morgan fingerprint density at radius 2 is 1.68 bits per heavy atom. The molecule has 2 aromatic carbocycles. The topological polar surface area (TPSA) is 67.9 Å². The minimum atomic E-state index is -0.357. The summed E-state index contributed by atoms with van der Waals surface area (Å²) in [5.74, 6) is -0.0370. The van der Waals surface area contributed by atoms with Gasteiger partial charge in [-0.2, -0.15) is 0 Å². The van der Waals surface area contributed by atoms with E-state index < -0.39 is 0 Å². The Morgan fingerprint density at radius 3 is 2.36 bits per heavy atom. The van der Waals surface area contributed by atoms with Crippen LogP contribution in [-0.2, 0) is 9.53 Å². The summed E-state index contributed by atoms with van der Waals surface area (Å²) < 4.78 is 11.2. The van der Waals surface area contributed by atoms with Gasteiger partial charge in [-0.25, -0.2) is 0 Å². The number of halogens is 1. The molecule has 0 atom stereocenters. The summed E-state index contributed by atoms with van der Waals surface area (Å²) in [6, 6.07) is 16.1. The van der Waals surface area contributed by atoms with Crippen LogP contribution < -0.4 is 10.1 Å². The molecule has 2 amide bonds. The number of hydrogen-bond donors (Lipinski definition) is 1. The molecule has 2 aromatic rings. The van der Waals surface area contributed by atoms with Crippen LogP contribution in [0.25, 0.3) is 4.48 Å². The number of hydrogen-bond acceptors (Lipinski definition) is 4. The van der Waals surface area contributed by atoms with Crippen molar-refractivity contribution in [2.45, 2.75) is 0 Å². The molecular formula is C21H21BrN2O4. The van der Waals surface area contributed by atoms with Gasteiger partial charge in [-0.05, 0) is 34.1 Å². The average molecular weight is 445 g/mol. The zero-order valence-electron chi connectivity index (χ0n) is 15.5. The van der Waals surface area contributed by atoms with Crippen molar-refractivity contribution in [2.75, 3.05) is 33.4 Å². The van der Waals surface area contributed by atoms with E-state index in [9.17, 15) is 9.59 Å². The first-order valence-electron chi connectivity index (χ1n) is 8.88. The van der Waals surface area contributed by atoms with E-state index in [-0.39, 0.29) is 17.5 Å². The van der Waals surface area contributed by atoms with Crippen LogP contribution in [0, 0.1) is 0 Å². The lowest BCUT2D eigenvalue weighted by Crippen LogP contribution is -2.44. The van der Waals surface area contributed by atoms with E-state index in [1.807, 2.05) is 24.3 Å². The van der Waals surface area contributed by atoms with Gasteiger partial charge in [-0.3, -0.25) is 9.59 Å². The number of nitrogens with one attached hydrogen (secondary N) is 1. The van der Waals surface area contributed by atoms with E-state index in [0.29, 0.717) is 47.7 Å². The van der Waals surface area contributed by atoms with Crippen molar-refractivity contribution in [1.82, 2.24) is 10.2 Å². The third-order valence-corrected chi connectivity index (χ3v) is 5.17. The summed E-state index contributed by atoms with van der Waals surface area (Å²) >= 11 is 3.52. The van der Waals surface area contributed by atoms with Crippen LogP contribution in [0.1, 0.15) is 15.9 Å². The highest BCUT2D eigenvalue weighted by Gasteiger charge is 2.26. The lowest BCUT2D eigenvalue weighted by Gasteiger charge is -2.28. The Kier molecular flexibility index (Phi) is 6.84. The first-order chi connectivity index (χ1) is 13.6. The molecule has 7 heteroatoms. The number of nitrogens with zero attached hydrogens (tertiary/aromatic N) is 1. The van der Waals surface area contributed by atoms with Crippen LogP contribution in [0.5, 0.6) is 5.75 Å². The second-order valence-electron chi connectivity index (χ2n) is 6.11. The van der Waals surface area contributed by atoms with Crippen LogP contribution in [0.4, 0.5) is 0 Å². The third kappa shape index (κ3) is 4.61. The molecule has 28 heavy (non-hydrogen) atoms. The predicted octanol–water partition coefficient (Wildman–Crippen LogP) is 3.05. The number of para-hydroxylation sites is 1. The molecule has 1 saturated heterocycles. The molecule has 0 radical (unpaired) electrons. The van der Waals surface area contributed by atoms with E-state index in [4.69, 9.17) is 9.47 Å². The van der Waals surface area contributed by atoms with Crippen molar-refractivity contribution in [1.29, 1.82) is 0 Å². The monoisotopic (exact) mass is 444 g/mol. The van der Waals surface area contributed by atoms with Crippen molar-refractivity contribution in [3.05, 3.63) is 71.4 Å². The average Bonchev–Trinajstić information content (AvgIpc) is 2.77. The SMILES string of the molecule is COc1ccccc1/C(Br)=C(/NC(=O)c1ccccc1)C(=O)N1CCOCC1. The second kappa shape index (κ2) is 9.52. The first-order valence-corrected chi connectivity index (χ1v) is 9.67. The van der Waals surface area contributed by atoms with Crippen molar-refractivity contribution < 1.29 is 19.1 Å². The zero-order valence-corrected chi connectivity index (χ0v) is 17.1. The molecule has 0 bridgehead atoms. The minimum absolute atomic E-state index is 0.167. The van der Waals surface area contributed by atoms with Crippen LogP contribution in [0.2, 0.25) is 0 Å². The molecule has 3 rings (SSSR count). The van der Waals surface area contributed by atoms with Crippen molar-refractivity contribution in [2.24, 2.45) is 0 Å². The Morgan fingerprint density at radius 1 is 1.04 bits per heavy atom. The van der Waals surface area contributed by atoms with Crippen LogP contribution in [0.15, 0.2) is 60.3 Å². The van der Waals surface area contributed by atoms with Gasteiger partial charge in [-0.1, -0.05) is 36.4 Å². The summed E-state index contributed by atoms with van der Waals surface area (Å²) in [7, 11) is 1.56. The number of benzene rings is 2. The van der Waals surface area contributed by atoms with Gasteiger partial charge in [0.1, 0.15) is 11.4 Å². The van der Waals surface area contributed by atoms with E-state index in [1.54, 1.807) is 42.3 Å². The second-order valence-corrected chi connectivity index (χ2v) is 6.91. The summed E-state index contributed by atoms with van der Waals surface area (Å²) in [6.07, 6.45) is 0. The molecule has 0 aromatic heterocycles. The summed E-state index contributed by atoms with van der Waals surface area (Å²) in [4.78, 5) is 27.6. The summed E-state index contributed by atoms with van der Waals surface area (Å²) in [6.45, 7) is 1.88. The Balaban J connectivity index is 2.00. The lowest BCUT2D eigenvalue weighted by atomic mass is 10.1. The molecule has 1 aliphatic rings. The molecule has 1 fully saturated rings. The van der Waals surface area contributed by atoms with E-state index in [1.165, 1.54) is 0 Å². The van der Waals surface area contributed by atoms with Gasteiger partial charge < -0.3 is 19.7 Å². The number of methoxy groups -OCH3 is 1. The Labute approximate surface area is 172 Å². The summed E-state index contributed by atoms with van der Waals surface area (Å²) in [5.41, 5.74) is 1.31. The van der Waals surface area contributed by atoms with E-state index in [0.717, 1.165) is 0 Å². The predicted molar refractivity (Wildman–Crippen MR) is 110 cm³/mol. The van der Waals surface area contributed by atoms with Gasteiger partial charge in [0.25, 0.3) is 11.8 Å². The van der Waals surface area contributed by atoms with Crippen LogP contribution >= 0.6 is 15.9 Å². The fraction of sp³-hybridized carbons (Fsp3) is 0.238. The zero-order chi connectivity index (χ0) is 19.9. The maximum absolute atomic E-state index is 13.2. The Hall–Kier alpha value is -2.64. The van der Waals surface area contributed by atoms with Gasteiger partial charge in [0, 0.05) is 24.2 Å². The van der Waals surface area contributed by atoms with E-state index >= 15 is 0 Å². The molecule has 0 unspecified atom stereocenters. The standard InChI is InChI=1S/C21H21BrN2O4/c1-27-17-10-6-5-9-16(17)18(22)19(21(26)24-11-13-28-14-12-24)23-20(25)15-7-3-2-4-8-15/h2-10H,11-14H2,1H3,(H,23,25)/b19-18-. The molecule has 1 N–H and O–H groups in total. The highest BCUT2D eigenvalue weighted by Crippen LogP contribution is 2.32. The molecule has 0 saturated carbocycles. The number of amides is 2. The largest absolute Gasteiger partial charge is 0.496 e. The smallest absolute Gasteiger partial charge is 0.271 e. The number of ether oxygens (including phenoxy) is 2. The van der Waals surface area contributed by atoms with Gasteiger partial charge in [0.15, 0.2) is 0 Å². The van der Waals surface area contributed by atoms with Crippen molar-refractivity contribution in [3.63, 3.8) is 0 Å². The van der Waals surface area contributed by atoms with Gasteiger partial charge in [-0.15, -0.1) is 0 Å².